The van der Waals surface area contributed by atoms with E-state index in [-0.39, 0.29) is 10.6 Å². The van der Waals surface area contributed by atoms with Gasteiger partial charge in [-0.2, -0.15) is 0 Å². The zero-order valence-corrected chi connectivity index (χ0v) is 12.1. The number of aliphatic hydroxyl groups excluding tert-OH is 1. The van der Waals surface area contributed by atoms with E-state index in [1.165, 1.54) is 33.1 Å². The number of ether oxygens (including phenoxy) is 3. The molecule has 2 rings (SSSR count). The Kier molecular flexibility index (Phi) is 4.73. The molecule has 1 aromatic carbocycles. The molecule has 1 saturated carbocycles. The lowest BCUT2D eigenvalue weighted by atomic mass is 10.1. The van der Waals surface area contributed by atoms with Crippen LogP contribution in [0.25, 0.3) is 0 Å². The molecule has 0 aromatic heterocycles. The summed E-state index contributed by atoms with van der Waals surface area (Å²) in [6.07, 6.45) is 0.906. The van der Waals surface area contributed by atoms with E-state index in [0.717, 1.165) is 0 Å². The molecule has 1 aromatic rings. The molecule has 6 heteroatoms. The standard InChI is InChI=1S/C14H17ClO5/c1-18-11-5-9(13(16)14(17)19-2)10(15)6-12(11)20-7-8-3-4-8/h5-6,8,13,16H,3-4,7H2,1-2H3. The van der Waals surface area contributed by atoms with Crippen LogP contribution >= 0.6 is 11.6 Å². The maximum atomic E-state index is 11.4. The number of rotatable bonds is 6. The first-order valence-corrected chi connectivity index (χ1v) is 6.70. The molecule has 1 aliphatic carbocycles. The Bertz CT molecular complexity index is 499. The van der Waals surface area contributed by atoms with Crippen molar-refractivity contribution in [2.45, 2.75) is 18.9 Å². The number of benzene rings is 1. The van der Waals surface area contributed by atoms with E-state index in [0.29, 0.717) is 24.0 Å². The highest BCUT2D eigenvalue weighted by Gasteiger charge is 2.25. The second-order valence-electron chi connectivity index (χ2n) is 4.70. The quantitative estimate of drug-likeness (QED) is 0.817. The summed E-state index contributed by atoms with van der Waals surface area (Å²) < 4.78 is 15.4. The highest BCUT2D eigenvalue weighted by atomic mass is 35.5. The van der Waals surface area contributed by atoms with E-state index in [9.17, 15) is 9.90 Å². The van der Waals surface area contributed by atoms with Crippen molar-refractivity contribution in [2.75, 3.05) is 20.8 Å². The topological polar surface area (TPSA) is 65.0 Å². The van der Waals surface area contributed by atoms with Gasteiger partial charge >= 0.3 is 5.97 Å². The summed E-state index contributed by atoms with van der Waals surface area (Å²) in [7, 11) is 2.69. The summed E-state index contributed by atoms with van der Waals surface area (Å²) in [6.45, 7) is 0.617. The van der Waals surface area contributed by atoms with E-state index in [1.807, 2.05) is 0 Å². The Balaban J connectivity index is 2.23. The number of carbonyl (C=O) groups excluding carboxylic acids is 1. The van der Waals surface area contributed by atoms with Gasteiger partial charge in [0, 0.05) is 11.6 Å². The predicted octanol–water partition coefficient (Wildman–Crippen LogP) is 2.34. The van der Waals surface area contributed by atoms with Gasteiger partial charge in [0.05, 0.1) is 25.8 Å². The van der Waals surface area contributed by atoms with Crippen molar-refractivity contribution in [1.29, 1.82) is 0 Å². The lowest BCUT2D eigenvalue weighted by Crippen LogP contribution is -2.14. The van der Waals surface area contributed by atoms with Crippen molar-refractivity contribution in [3.05, 3.63) is 22.7 Å². The Hall–Kier alpha value is -1.46. The van der Waals surface area contributed by atoms with Crippen molar-refractivity contribution in [3.63, 3.8) is 0 Å². The van der Waals surface area contributed by atoms with Crippen LogP contribution in [0.5, 0.6) is 11.5 Å². The second kappa shape index (κ2) is 6.33. The number of hydrogen-bond donors (Lipinski definition) is 1. The minimum absolute atomic E-state index is 0.231. The van der Waals surface area contributed by atoms with Crippen LogP contribution in [0.2, 0.25) is 5.02 Å². The van der Waals surface area contributed by atoms with Gasteiger partial charge in [-0.25, -0.2) is 4.79 Å². The molecule has 1 N–H and O–H groups in total. The number of methoxy groups -OCH3 is 2. The average Bonchev–Trinajstić information content (AvgIpc) is 3.27. The average molecular weight is 301 g/mol. The van der Waals surface area contributed by atoms with Gasteiger partial charge in [0.1, 0.15) is 0 Å². The Labute approximate surface area is 122 Å². The summed E-state index contributed by atoms with van der Waals surface area (Å²) in [5.41, 5.74) is 0.231. The Morgan fingerprint density at radius 3 is 2.65 bits per heavy atom. The summed E-state index contributed by atoms with van der Waals surface area (Å²) in [6, 6.07) is 3.04. The third kappa shape index (κ3) is 3.35. The first kappa shape index (κ1) is 14.9. The van der Waals surface area contributed by atoms with E-state index >= 15 is 0 Å². The van der Waals surface area contributed by atoms with Gasteiger partial charge in [-0.15, -0.1) is 0 Å². The SMILES string of the molecule is COC(=O)C(O)c1cc(OC)c(OCC2CC2)cc1Cl. The number of halogens is 1. The monoisotopic (exact) mass is 300 g/mol. The largest absolute Gasteiger partial charge is 0.493 e. The molecule has 1 unspecified atom stereocenters. The van der Waals surface area contributed by atoms with Crippen LogP contribution in [0, 0.1) is 5.92 Å². The molecule has 1 aliphatic rings. The smallest absolute Gasteiger partial charge is 0.339 e. The zero-order valence-electron chi connectivity index (χ0n) is 11.4. The Morgan fingerprint density at radius 1 is 1.40 bits per heavy atom. The normalized spacial score (nSPS) is 15.6. The molecule has 0 amide bonds. The first-order valence-electron chi connectivity index (χ1n) is 6.33. The molecule has 1 fully saturated rings. The van der Waals surface area contributed by atoms with Crippen molar-refractivity contribution in [3.8, 4) is 11.5 Å². The van der Waals surface area contributed by atoms with Gasteiger partial charge in [0.15, 0.2) is 17.6 Å². The molecule has 1 atom stereocenters. The Morgan fingerprint density at radius 2 is 2.10 bits per heavy atom. The minimum atomic E-state index is -1.45. The fourth-order valence-electron chi connectivity index (χ4n) is 1.76. The third-order valence-electron chi connectivity index (χ3n) is 3.17. The van der Waals surface area contributed by atoms with Gasteiger partial charge in [-0.3, -0.25) is 0 Å². The van der Waals surface area contributed by atoms with Gasteiger partial charge in [-0.1, -0.05) is 11.6 Å². The number of hydrogen-bond acceptors (Lipinski definition) is 5. The molecule has 0 spiro atoms. The predicted molar refractivity (Wildman–Crippen MR) is 73.2 cm³/mol. The van der Waals surface area contributed by atoms with E-state index in [4.69, 9.17) is 21.1 Å². The maximum absolute atomic E-state index is 11.4. The lowest BCUT2D eigenvalue weighted by molar-refractivity contribution is -0.150. The molecule has 0 radical (unpaired) electrons. The summed E-state index contributed by atoms with van der Waals surface area (Å²) in [5.74, 6) is 0.748. The summed E-state index contributed by atoms with van der Waals surface area (Å²) in [4.78, 5) is 11.4. The van der Waals surface area contributed by atoms with Gasteiger partial charge in [-0.05, 0) is 24.8 Å². The van der Waals surface area contributed by atoms with Crippen LogP contribution < -0.4 is 9.47 Å². The fourth-order valence-corrected chi connectivity index (χ4v) is 2.02. The van der Waals surface area contributed by atoms with Crippen LogP contribution in [0.15, 0.2) is 12.1 Å². The fraction of sp³-hybridized carbons (Fsp3) is 0.500. The lowest BCUT2D eigenvalue weighted by Gasteiger charge is -2.15. The molecular weight excluding hydrogens is 284 g/mol. The molecule has 0 aliphatic heterocycles. The van der Waals surface area contributed by atoms with Crippen molar-refractivity contribution >= 4 is 17.6 Å². The van der Waals surface area contributed by atoms with Crippen LogP contribution in [0.4, 0.5) is 0 Å². The van der Waals surface area contributed by atoms with Crippen LogP contribution in [-0.4, -0.2) is 31.9 Å². The van der Waals surface area contributed by atoms with E-state index < -0.39 is 12.1 Å². The molecular formula is C14H17ClO5. The highest BCUT2D eigenvalue weighted by molar-refractivity contribution is 6.31. The van der Waals surface area contributed by atoms with Gasteiger partial charge < -0.3 is 19.3 Å². The maximum Gasteiger partial charge on any atom is 0.339 e. The highest BCUT2D eigenvalue weighted by Crippen LogP contribution is 2.38. The molecule has 0 bridgehead atoms. The number of esters is 1. The van der Waals surface area contributed by atoms with Gasteiger partial charge in [0.25, 0.3) is 0 Å². The van der Waals surface area contributed by atoms with Crippen LogP contribution in [-0.2, 0) is 9.53 Å². The summed E-state index contributed by atoms with van der Waals surface area (Å²) >= 11 is 6.08. The van der Waals surface area contributed by atoms with Crippen molar-refractivity contribution in [2.24, 2.45) is 5.92 Å². The summed E-state index contributed by atoms with van der Waals surface area (Å²) in [5, 5.41) is 10.1. The molecule has 0 heterocycles. The molecule has 5 nitrogen and oxygen atoms in total. The van der Waals surface area contributed by atoms with E-state index in [1.54, 1.807) is 6.07 Å². The van der Waals surface area contributed by atoms with E-state index in [2.05, 4.69) is 4.74 Å². The molecule has 110 valence electrons. The first-order chi connectivity index (χ1) is 9.56. The van der Waals surface area contributed by atoms with Crippen LogP contribution in [0.3, 0.4) is 0 Å². The van der Waals surface area contributed by atoms with Crippen molar-refractivity contribution < 1.29 is 24.1 Å². The number of aliphatic hydroxyl groups is 1. The molecule has 20 heavy (non-hydrogen) atoms. The number of carbonyl (C=O) groups is 1. The minimum Gasteiger partial charge on any atom is -0.493 e. The second-order valence-corrected chi connectivity index (χ2v) is 5.11. The zero-order chi connectivity index (χ0) is 14.7. The van der Waals surface area contributed by atoms with Crippen LogP contribution in [0.1, 0.15) is 24.5 Å². The molecule has 0 saturated heterocycles. The van der Waals surface area contributed by atoms with Gasteiger partial charge in [0.2, 0.25) is 0 Å². The van der Waals surface area contributed by atoms with Crippen molar-refractivity contribution in [1.82, 2.24) is 0 Å². The third-order valence-corrected chi connectivity index (χ3v) is 3.50.